The summed E-state index contributed by atoms with van der Waals surface area (Å²) in [5, 5.41) is 4.86. The zero-order chi connectivity index (χ0) is 16.9. The van der Waals surface area contributed by atoms with Crippen molar-refractivity contribution >= 4 is 6.03 Å². The lowest BCUT2D eigenvalue weighted by Crippen LogP contribution is -2.51. The van der Waals surface area contributed by atoms with Crippen molar-refractivity contribution in [2.75, 3.05) is 13.7 Å². The lowest BCUT2D eigenvalue weighted by atomic mass is 9.92. The smallest absolute Gasteiger partial charge is 0.315 e. The van der Waals surface area contributed by atoms with E-state index in [2.05, 4.69) is 10.6 Å². The number of methoxy groups -OCH3 is 1. The average molecular weight is 330 g/mol. The van der Waals surface area contributed by atoms with Crippen LogP contribution in [0.25, 0.3) is 0 Å². The van der Waals surface area contributed by atoms with E-state index in [9.17, 15) is 18.0 Å². The largest absolute Gasteiger partial charge is 0.379 e. The SMILES string of the molecule is CO[C@H]1CCCC[C@@H]1NC(=O)NCC(F)(F)c1ccc(F)cc1. The molecule has 1 saturated carbocycles. The van der Waals surface area contributed by atoms with Gasteiger partial charge >= 0.3 is 6.03 Å². The van der Waals surface area contributed by atoms with Crippen molar-refractivity contribution in [3.63, 3.8) is 0 Å². The molecule has 0 saturated heterocycles. The fourth-order valence-electron chi connectivity index (χ4n) is 2.75. The first-order valence-corrected chi connectivity index (χ1v) is 7.63. The van der Waals surface area contributed by atoms with Crippen LogP contribution in [0.5, 0.6) is 0 Å². The summed E-state index contributed by atoms with van der Waals surface area (Å²) in [7, 11) is 1.57. The van der Waals surface area contributed by atoms with Gasteiger partial charge in [0.1, 0.15) is 5.82 Å². The molecule has 0 heterocycles. The normalized spacial score (nSPS) is 21.7. The number of ether oxygens (including phenoxy) is 1. The van der Waals surface area contributed by atoms with E-state index in [-0.39, 0.29) is 17.7 Å². The molecule has 1 aromatic carbocycles. The second-order valence-electron chi connectivity index (χ2n) is 5.70. The van der Waals surface area contributed by atoms with Crippen molar-refractivity contribution in [2.45, 2.75) is 43.8 Å². The molecule has 0 unspecified atom stereocenters. The Kier molecular flexibility index (Phi) is 5.87. The van der Waals surface area contributed by atoms with Gasteiger partial charge < -0.3 is 15.4 Å². The van der Waals surface area contributed by atoms with Crippen LogP contribution in [0.4, 0.5) is 18.0 Å². The molecule has 1 aromatic rings. The summed E-state index contributed by atoms with van der Waals surface area (Å²) in [4.78, 5) is 11.8. The Hall–Kier alpha value is -1.76. The van der Waals surface area contributed by atoms with E-state index in [1.165, 1.54) is 0 Å². The maximum Gasteiger partial charge on any atom is 0.315 e. The third-order valence-electron chi connectivity index (χ3n) is 4.06. The molecule has 1 aliphatic rings. The standard InChI is InChI=1S/C16H21F3N2O2/c1-23-14-5-3-2-4-13(14)21-15(22)20-10-16(18,19)11-6-8-12(17)9-7-11/h6-9,13-14H,2-5,10H2,1H3,(H2,20,21,22)/t13-,14-/m0/s1. The minimum Gasteiger partial charge on any atom is -0.379 e. The quantitative estimate of drug-likeness (QED) is 0.871. The fraction of sp³-hybridized carbons (Fsp3) is 0.562. The van der Waals surface area contributed by atoms with E-state index < -0.39 is 24.3 Å². The van der Waals surface area contributed by atoms with Gasteiger partial charge in [0.05, 0.1) is 18.7 Å². The zero-order valence-electron chi connectivity index (χ0n) is 13.0. The van der Waals surface area contributed by atoms with Crippen molar-refractivity contribution < 1.29 is 22.7 Å². The first-order valence-electron chi connectivity index (χ1n) is 7.63. The number of alkyl halides is 2. The Morgan fingerprint density at radius 3 is 2.57 bits per heavy atom. The lowest BCUT2D eigenvalue weighted by molar-refractivity contribution is -0.00120. The Labute approximate surface area is 133 Å². The second kappa shape index (κ2) is 7.68. The third-order valence-corrected chi connectivity index (χ3v) is 4.06. The number of nitrogens with one attached hydrogen (secondary N) is 2. The van der Waals surface area contributed by atoms with Gasteiger partial charge in [0.2, 0.25) is 0 Å². The molecule has 2 N–H and O–H groups in total. The third kappa shape index (κ3) is 4.86. The number of carbonyl (C=O) groups excluding carboxylic acids is 1. The topological polar surface area (TPSA) is 50.4 Å². The Balaban J connectivity index is 1.86. The molecule has 4 nitrogen and oxygen atoms in total. The minimum absolute atomic E-state index is 0.0906. The highest BCUT2D eigenvalue weighted by Gasteiger charge is 2.33. The molecular weight excluding hydrogens is 309 g/mol. The first-order chi connectivity index (χ1) is 10.9. The van der Waals surface area contributed by atoms with Crippen molar-refractivity contribution in [1.82, 2.24) is 10.6 Å². The summed E-state index contributed by atoms with van der Waals surface area (Å²) < 4.78 is 46.0. The van der Waals surface area contributed by atoms with Crippen LogP contribution in [0.3, 0.4) is 0 Å². The fourth-order valence-corrected chi connectivity index (χ4v) is 2.75. The number of carbonyl (C=O) groups is 1. The Morgan fingerprint density at radius 2 is 1.91 bits per heavy atom. The Morgan fingerprint density at radius 1 is 1.26 bits per heavy atom. The molecule has 0 bridgehead atoms. The molecule has 0 radical (unpaired) electrons. The number of urea groups is 1. The van der Waals surface area contributed by atoms with Crippen molar-refractivity contribution in [2.24, 2.45) is 0 Å². The van der Waals surface area contributed by atoms with E-state index in [1.54, 1.807) is 7.11 Å². The van der Waals surface area contributed by atoms with Crippen LogP contribution >= 0.6 is 0 Å². The van der Waals surface area contributed by atoms with Crippen LogP contribution in [0, 0.1) is 5.82 Å². The molecule has 0 aromatic heterocycles. The number of halogens is 3. The minimum atomic E-state index is -3.27. The van der Waals surface area contributed by atoms with Crippen LogP contribution in [-0.4, -0.2) is 31.8 Å². The number of rotatable bonds is 5. The monoisotopic (exact) mass is 330 g/mol. The van der Waals surface area contributed by atoms with Gasteiger partial charge in [0.25, 0.3) is 5.92 Å². The van der Waals surface area contributed by atoms with Crippen molar-refractivity contribution in [3.8, 4) is 0 Å². The predicted octanol–water partition coefficient (Wildman–Crippen LogP) is 3.17. The van der Waals surface area contributed by atoms with Gasteiger partial charge in [-0.15, -0.1) is 0 Å². The van der Waals surface area contributed by atoms with E-state index in [0.717, 1.165) is 49.9 Å². The van der Waals surface area contributed by atoms with Crippen LogP contribution in [0.1, 0.15) is 31.2 Å². The summed E-state index contributed by atoms with van der Waals surface area (Å²) >= 11 is 0. The second-order valence-corrected chi connectivity index (χ2v) is 5.70. The highest BCUT2D eigenvalue weighted by Crippen LogP contribution is 2.27. The number of amides is 2. The van der Waals surface area contributed by atoms with E-state index >= 15 is 0 Å². The molecule has 0 spiro atoms. The van der Waals surface area contributed by atoms with E-state index in [0.29, 0.717) is 0 Å². The molecule has 7 heteroatoms. The van der Waals surface area contributed by atoms with Gasteiger partial charge in [-0.1, -0.05) is 25.0 Å². The molecule has 2 rings (SSSR count). The molecule has 2 atom stereocenters. The van der Waals surface area contributed by atoms with E-state index in [1.807, 2.05) is 0 Å². The zero-order valence-corrected chi connectivity index (χ0v) is 13.0. The van der Waals surface area contributed by atoms with Crippen molar-refractivity contribution in [1.29, 1.82) is 0 Å². The van der Waals surface area contributed by atoms with Crippen LogP contribution < -0.4 is 10.6 Å². The predicted molar refractivity (Wildman–Crippen MR) is 79.9 cm³/mol. The van der Waals surface area contributed by atoms with Crippen LogP contribution in [0.2, 0.25) is 0 Å². The molecule has 0 aliphatic heterocycles. The molecule has 1 fully saturated rings. The number of hydrogen-bond donors (Lipinski definition) is 2. The summed E-state index contributed by atoms with van der Waals surface area (Å²) in [5.41, 5.74) is -0.341. The highest BCUT2D eigenvalue weighted by molar-refractivity contribution is 5.74. The summed E-state index contributed by atoms with van der Waals surface area (Å²) in [6.45, 7) is -0.852. The van der Waals surface area contributed by atoms with Gasteiger partial charge in [0.15, 0.2) is 0 Å². The summed E-state index contributed by atoms with van der Waals surface area (Å²) in [5.74, 6) is -3.85. The van der Waals surface area contributed by atoms with Crippen LogP contribution in [0.15, 0.2) is 24.3 Å². The molecule has 23 heavy (non-hydrogen) atoms. The van der Waals surface area contributed by atoms with Crippen LogP contribution in [-0.2, 0) is 10.7 Å². The lowest BCUT2D eigenvalue weighted by Gasteiger charge is -2.31. The maximum atomic E-state index is 14.0. The molecular formula is C16H21F3N2O2. The number of hydrogen-bond acceptors (Lipinski definition) is 2. The summed E-state index contributed by atoms with van der Waals surface area (Å²) in [6.07, 6.45) is 3.51. The molecule has 128 valence electrons. The Bertz CT molecular complexity index is 523. The van der Waals surface area contributed by atoms with Gasteiger partial charge in [0, 0.05) is 12.7 Å². The maximum absolute atomic E-state index is 14.0. The number of benzene rings is 1. The van der Waals surface area contributed by atoms with Gasteiger partial charge in [-0.05, 0) is 25.0 Å². The van der Waals surface area contributed by atoms with Gasteiger partial charge in [-0.3, -0.25) is 0 Å². The molecule has 2 amide bonds. The van der Waals surface area contributed by atoms with Gasteiger partial charge in [-0.2, -0.15) is 8.78 Å². The van der Waals surface area contributed by atoms with Gasteiger partial charge in [-0.25, -0.2) is 9.18 Å². The first kappa shape index (κ1) is 17.6. The average Bonchev–Trinajstić information content (AvgIpc) is 2.54. The van der Waals surface area contributed by atoms with Crippen molar-refractivity contribution in [3.05, 3.63) is 35.6 Å². The highest BCUT2D eigenvalue weighted by atomic mass is 19.3. The molecule has 1 aliphatic carbocycles. The summed E-state index contributed by atoms with van der Waals surface area (Å²) in [6, 6.07) is 3.13. The van der Waals surface area contributed by atoms with E-state index in [4.69, 9.17) is 4.74 Å².